The summed E-state index contributed by atoms with van der Waals surface area (Å²) < 4.78 is 50.7. The Labute approximate surface area is 589 Å². The number of aromatic nitrogens is 8. The van der Waals surface area contributed by atoms with Crippen LogP contribution in [0.4, 0.5) is 13.2 Å². The van der Waals surface area contributed by atoms with Gasteiger partial charge in [0.05, 0.1) is 113 Å². The quantitative estimate of drug-likeness (QED) is 0.0564. The number of aryl methyl sites for hydroxylation is 3. The number of nitrogens with one attached hydrogen (secondary N) is 6. The molecule has 4 amide bonds. The second-order valence-corrected chi connectivity index (χ2v) is 27.7. The summed E-state index contributed by atoms with van der Waals surface area (Å²) in [6.07, 6.45) is 11.4. The summed E-state index contributed by atoms with van der Waals surface area (Å²) in [5.74, 6) is -0.523. The number of hydrogen-bond acceptors (Lipinski definition) is 17. The molecule has 0 saturated carbocycles. The summed E-state index contributed by atoms with van der Waals surface area (Å²) in [7, 11) is 0. The molecule has 8 aromatic rings. The molecule has 4 fully saturated rings. The summed E-state index contributed by atoms with van der Waals surface area (Å²) in [4.78, 5) is 115. The predicted molar refractivity (Wildman–Crippen MR) is 364 cm³/mol. The number of carbonyl (C=O) groups is 7. The van der Waals surface area contributed by atoms with Crippen LogP contribution in [0.2, 0.25) is 0 Å². The fourth-order valence-corrected chi connectivity index (χ4v) is 14.5. The maximum Gasteiger partial charge on any atom is 0.254 e. The van der Waals surface area contributed by atoms with Gasteiger partial charge in [-0.05, 0) is 103 Å². The number of carbonyl (C=O) groups excluding carboxylic acids is 7. The van der Waals surface area contributed by atoms with Crippen molar-refractivity contribution >= 4 is 80.1 Å². The van der Waals surface area contributed by atoms with Gasteiger partial charge in [-0.2, -0.15) is 0 Å². The van der Waals surface area contributed by atoms with E-state index in [1.807, 2.05) is 6.20 Å². The Morgan fingerprint density at radius 2 is 0.940 bits per heavy atom. The number of Topliss-reactive ketones (excluding diaryl/α,β-unsaturated/α-hetero) is 3. The molecule has 3 unspecified atom stereocenters. The first kappa shape index (κ1) is 70.9. The second-order valence-electron chi connectivity index (χ2n) is 26.1. The molecule has 0 radical (unpaired) electrons. The maximum atomic E-state index is 13.6. The minimum Gasteiger partial charge on any atom is -0.394 e. The zero-order valence-corrected chi connectivity index (χ0v) is 56.0. The zero-order chi connectivity index (χ0) is 69.5. The normalized spacial score (nSPS) is 21.2. The largest absolute Gasteiger partial charge is 0.394 e. The molecule has 520 valence electrons. The van der Waals surface area contributed by atoms with Gasteiger partial charge in [0.2, 0.25) is 11.8 Å². The van der Waals surface area contributed by atoms with E-state index in [0.29, 0.717) is 97.5 Å². The van der Waals surface area contributed by atoms with Crippen LogP contribution in [-0.2, 0) is 73.6 Å². The standard InChI is InChI=1S/C21H18ClFN4O2.C21H17FN4O2.C14H10BrFN2O.C7H10ClNO3.C7H9NO3.CH4/c22-9-21(10-28)7-15-16(20(29)27-21)14-5-4-12-8-24-19(26-17(12)18(14)25-15)11-2-1-3-13(23)6-11;22-13-3-1-2-11(6-13)19-23-8-12-4-5-14-16-15(24-18(14)17(12)25-19)7-21(9-28-10-21)26-20(16)27;15-11-5-4-9-7-17-14(18-12(9)13(11)19)8-2-1-3-10(16)6-8;8-3-7(4-10)2-5(11)1-6(12)9-7;9-5-1-6(10)8-7(2-5)3-11-4-7;/h1-3,6,8,25,28H,4-5,7,9-10H2,(H,27,29);1-3,6,8,24H,4-5,7,9-10H2,(H,26,27);1-3,6-7,11H,4-5H2;10H,1-4H2,(H,9,12);1-4H2,(H,8,10);1H4. The molecule has 11 heterocycles. The van der Waals surface area contributed by atoms with Crippen LogP contribution >= 0.6 is 39.1 Å². The van der Waals surface area contributed by atoms with Crippen LogP contribution in [0.1, 0.15) is 110 Å². The van der Waals surface area contributed by atoms with Gasteiger partial charge in [-0.15, -0.1) is 23.2 Å². The van der Waals surface area contributed by atoms with E-state index in [9.17, 15) is 51.8 Å². The maximum absolute atomic E-state index is 13.6. The molecule has 5 aromatic heterocycles. The molecule has 9 aliphatic rings. The van der Waals surface area contributed by atoms with Crippen LogP contribution in [-0.4, -0.2) is 169 Å². The predicted octanol–water partition coefficient (Wildman–Crippen LogP) is 7.54. The number of aromatic amines is 2. The van der Waals surface area contributed by atoms with Gasteiger partial charge in [0.15, 0.2) is 23.3 Å². The molecule has 2 spiro atoms. The molecule has 100 heavy (non-hydrogen) atoms. The number of aliphatic hydroxyl groups excluding tert-OH is 2. The number of alkyl halides is 3. The number of amides is 4. The molecule has 3 aromatic carbocycles. The van der Waals surface area contributed by atoms with Gasteiger partial charge in [0.1, 0.15) is 34.7 Å². The third kappa shape index (κ3) is 14.4. The molecular weight excluding hydrogens is 1400 g/mol. The van der Waals surface area contributed by atoms with Gasteiger partial charge in [-0.25, -0.2) is 43.1 Å². The Morgan fingerprint density at radius 3 is 1.37 bits per heavy atom. The monoisotopic (exact) mass is 1470 g/mol. The van der Waals surface area contributed by atoms with Crippen LogP contribution in [0.3, 0.4) is 0 Å². The lowest BCUT2D eigenvalue weighted by Gasteiger charge is -2.44. The Balaban J connectivity index is 0.000000124. The summed E-state index contributed by atoms with van der Waals surface area (Å²) in [5, 5.41) is 30.0. The number of ether oxygens (including phenoxy) is 2. The third-order valence-electron chi connectivity index (χ3n) is 18.6. The lowest BCUT2D eigenvalue weighted by molar-refractivity contribution is -0.148. The average molecular weight is 1470 g/mol. The van der Waals surface area contributed by atoms with Crippen LogP contribution < -0.4 is 21.3 Å². The highest BCUT2D eigenvalue weighted by Gasteiger charge is 2.48. The highest BCUT2D eigenvalue weighted by Crippen LogP contribution is 2.42. The Bertz CT molecular complexity index is 4560. The van der Waals surface area contributed by atoms with E-state index >= 15 is 0 Å². The van der Waals surface area contributed by atoms with Crippen molar-refractivity contribution < 1.29 is 66.4 Å². The molecule has 4 saturated heterocycles. The highest BCUT2D eigenvalue weighted by atomic mass is 79.9. The number of aliphatic hydroxyl groups is 2. The van der Waals surface area contributed by atoms with Gasteiger partial charge < -0.3 is 50.9 Å². The molecule has 3 aliphatic carbocycles. The van der Waals surface area contributed by atoms with E-state index in [1.165, 1.54) is 36.4 Å². The summed E-state index contributed by atoms with van der Waals surface area (Å²) >= 11 is 14.9. The fraction of sp³-hybridized carbons (Fsp3) is 0.366. The number of ketones is 3. The van der Waals surface area contributed by atoms with E-state index in [2.05, 4.69) is 67.1 Å². The van der Waals surface area contributed by atoms with E-state index in [0.717, 1.165) is 99.6 Å². The van der Waals surface area contributed by atoms with E-state index in [-0.39, 0.29) is 126 Å². The van der Waals surface area contributed by atoms with E-state index in [4.69, 9.17) is 47.8 Å². The van der Waals surface area contributed by atoms with Crippen LogP contribution in [0.15, 0.2) is 91.4 Å². The third-order valence-corrected chi connectivity index (χ3v) is 20.5. The fourth-order valence-electron chi connectivity index (χ4n) is 13.6. The van der Waals surface area contributed by atoms with Crippen molar-refractivity contribution in [2.75, 3.05) is 51.4 Å². The topological polar surface area (TPSA) is 335 Å². The van der Waals surface area contributed by atoms with E-state index < -0.39 is 11.1 Å². The van der Waals surface area contributed by atoms with Crippen molar-refractivity contribution in [3.63, 3.8) is 0 Å². The summed E-state index contributed by atoms with van der Waals surface area (Å²) in [6, 6.07) is 18.5. The number of hydrogen-bond donors (Lipinski definition) is 8. The summed E-state index contributed by atoms with van der Waals surface area (Å²) in [6.45, 7) is 1.53. The first-order valence-electron chi connectivity index (χ1n) is 31.9. The van der Waals surface area contributed by atoms with Gasteiger partial charge in [-0.1, -0.05) is 59.8 Å². The van der Waals surface area contributed by atoms with Crippen molar-refractivity contribution in [1.82, 2.24) is 61.1 Å². The molecular formula is C71H68BrCl2F3N12O11. The minimum absolute atomic E-state index is 0. The molecule has 0 bridgehead atoms. The van der Waals surface area contributed by atoms with Crippen molar-refractivity contribution in [2.45, 2.75) is 111 Å². The molecule has 6 aliphatic heterocycles. The van der Waals surface area contributed by atoms with Crippen molar-refractivity contribution in [2.24, 2.45) is 0 Å². The molecule has 29 heteroatoms. The summed E-state index contributed by atoms with van der Waals surface area (Å²) in [5.41, 5.74) is 10.9. The van der Waals surface area contributed by atoms with Gasteiger partial charge in [0.25, 0.3) is 11.8 Å². The lowest BCUT2D eigenvalue weighted by atomic mass is 9.84. The van der Waals surface area contributed by atoms with Gasteiger partial charge in [0, 0.05) is 84.1 Å². The average Bonchev–Trinajstić information content (AvgIpc) is 1.58. The van der Waals surface area contributed by atoms with Crippen LogP contribution in [0.25, 0.3) is 56.9 Å². The minimum atomic E-state index is -0.923. The Hall–Kier alpha value is -8.96. The zero-order valence-electron chi connectivity index (χ0n) is 52.9. The number of rotatable bonds is 7. The number of piperidine rings is 2. The Kier molecular flexibility index (Phi) is 20.5. The van der Waals surface area contributed by atoms with Gasteiger partial charge in [-0.3, -0.25) is 33.6 Å². The molecule has 3 atom stereocenters. The van der Waals surface area contributed by atoms with Crippen molar-refractivity contribution in [3.05, 3.63) is 165 Å². The first-order chi connectivity index (χ1) is 47.6. The molecule has 23 nitrogen and oxygen atoms in total. The van der Waals surface area contributed by atoms with Crippen molar-refractivity contribution in [3.8, 4) is 56.9 Å². The van der Waals surface area contributed by atoms with Crippen LogP contribution in [0.5, 0.6) is 0 Å². The molecule has 8 N–H and O–H groups in total. The number of fused-ring (bicyclic) bond motifs is 11. The SMILES string of the molecule is C.O=C1CC(=O)NC(CO)(CCl)C1.O=C1CC(=O)NC2(COC2)C1.O=C1NC(CO)(CCl)Cc2[nH]c3c(c21)CCc1cnc(-c2cccc(F)c2)nc1-3.O=C1NC2(COC2)Cc2[nH]c3c(c21)CCc1cnc(-c2cccc(F)c2)nc1-3.O=C1c2nc(-c3cccc(F)c3)ncc2CCC1Br. The Morgan fingerprint density at radius 1 is 0.520 bits per heavy atom. The lowest BCUT2D eigenvalue weighted by Crippen LogP contribution is -2.65. The molecule has 17 rings (SSSR count). The van der Waals surface area contributed by atoms with E-state index in [1.54, 1.807) is 48.8 Å². The highest BCUT2D eigenvalue weighted by molar-refractivity contribution is 9.10. The first-order valence-corrected chi connectivity index (χ1v) is 33.9. The smallest absolute Gasteiger partial charge is 0.254 e. The number of nitrogens with zero attached hydrogens (tertiary/aromatic N) is 6. The number of H-pyrrole nitrogens is 2. The van der Waals surface area contributed by atoms with Gasteiger partial charge >= 0.3 is 0 Å². The van der Waals surface area contributed by atoms with Crippen LogP contribution in [0, 0.1) is 17.5 Å². The second kappa shape index (κ2) is 28.9. The van der Waals surface area contributed by atoms with Crippen molar-refractivity contribution in [1.29, 1.82) is 0 Å². The number of halogens is 6. The number of benzene rings is 3.